The number of hydrogen-bond acceptors (Lipinski definition) is 3. The van der Waals surface area contributed by atoms with Crippen LogP contribution in [0.2, 0.25) is 0 Å². The van der Waals surface area contributed by atoms with Crippen LogP contribution in [0, 0.1) is 19.9 Å². The molecular weight excluding hydrogens is 645 g/mol. The van der Waals surface area contributed by atoms with Gasteiger partial charge in [-0.15, -0.1) is 0 Å². The molecule has 0 amide bonds. The Labute approximate surface area is 257 Å². The Balaban J connectivity index is 0. The SMILES string of the molecule is C1CCOC1.Cc1cc[c-]cc1.Cc1ccc(S(=O)c2ccc(C(F)(F)F)cc2)cc1.O=S(Cl)Cl.[Br-].[Mg+2]. The molecule has 1 heterocycles. The monoisotopic (exact) mass is 668 g/mol. The Hall–Kier alpha value is -0.464. The van der Waals surface area contributed by atoms with E-state index in [1.807, 2.05) is 43.3 Å². The van der Waals surface area contributed by atoms with E-state index in [9.17, 15) is 17.4 Å². The van der Waals surface area contributed by atoms with Crippen molar-refractivity contribution in [2.75, 3.05) is 13.2 Å². The van der Waals surface area contributed by atoms with Crippen molar-refractivity contribution in [1.29, 1.82) is 0 Å². The third kappa shape index (κ3) is 18.5. The molecule has 1 saturated heterocycles. The van der Waals surface area contributed by atoms with E-state index in [4.69, 9.17) is 8.95 Å². The van der Waals surface area contributed by atoms with Crippen molar-refractivity contribution in [2.24, 2.45) is 0 Å². The number of alkyl halides is 3. The second kappa shape index (κ2) is 21.4. The molecule has 0 spiro atoms. The van der Waals surface area contributed by atoms with Gasteiger partial charge in [-0.05, 0) is 56.2 Å². The van der Waals surface area contributed by atoms with Crippen LogP contribution in [0.25, 0.3) is 0 Å². The number of aryl methyl sites for hydroxylation is 2. The van der Waals surface area contributed by atoms with Crippen LogP contribution >= 0.6 is 21.4 Å². The van der Waals surface area contributed by atoms with E-state index < -0.39 is 31.8 Å². The fraction of sp³-hybridized carbons (Fsp3) is 0.280. The summed E-state index contributed by atoms with van der Waals surface area (Å²) in [5.41, 5.74) is 1.59. The third-order valence-corrected chi connectivity index (χ3v) is 5.74. The largest absolute Gasteiger partial charge is 2.00 e. The molecule has 0 radical (unpaired) electrons. The molecule has 1 unspecified atom stereocenters. The number of halogens is 6. The van der Waals surface area contributed by atoms with Gasteiger partial charge < -0.3 is 21.7 Å². The predicted molar refractivity (Wildman–Crippen MR) is 143 cm³/mol. The van der Waals surface area contributed by atoms with Gasteiger partial charge >= 0.3 is 29.2 Å². The summed E-state index contributed by atoms with van der Waals surface area (Å²) in [6, 6.07) is 22.3. The first-order valence-electron chi connectivity index (χ1n) is 10.4. The Bertz CT molecular complexity index is 1030. The van der Waals surface area contributed by atoms with Crippen LogP contribution in [0.1, 0.15) is 29.5 Å². The quantitative estimate of drug-likeness (QED) is 0.230. The van der Waals surface area contributed by atoms with Crippen molar-refractivity contribution >= 4 is 64.4 Å². The maximum Gasteiger partial charge on any atom is 2.00 e. The van der Waals surface area contributed by atoms with E-state index in [1.54, 1.807) is 12.1 Å². The smallest absolute Gasteiger partial charge is 1.00 e. The number of hydrogen-bond donors (Lipinski definition) is 0. The minimum atomic E-state index is -4.37. The molecule has 1 atom stereocenters. The summed E-state index contributed by atoms with van der Waals surface area (Å²) in [6.45, 7) is 5.97. The Morgan fingerprint density at radius 2 is 1.16 bits per heavy atom. The summed E-state index contributed by atoms with van der Waals surface area (Å²) in [6.07, 6.45) is -1.82. The minimum Gasteiger partial charge on any atom is -1.00 e. The zero-order valence-electron chi connectivity index (χ0n) is 20.3. The van der Waals surface area contributed by atoms with Crippen molar-refractivity contribution in [3.8, 4) is 0 Å². The van der Waals surface area contributed by atoms with E-state index in [0.717, 1.165) is 30.9 Å². The first kappa shape index (κ1) is 38.7. The summed E-state index contributed by atoms with van der Waals surface area (Å²) in [4.78, 5) is 0.933. The van der Waals surface area contributed by atoms with Crippen LogP contribution in [-0.4, -0.2) is 44.7 Å². The summed E-state index contributed by atoms with van der Waals surface area (Å²) >= 11 is 0. The van der Waals surface area contributed by atoms with E-state index in [1.165, 1.54) is 30.5 Å². The van der Waals surface area contributed by atoms with Crippen LogP contribution in [0.15, 0.2) is 82.6 Å². The molecule has 0 aromatic heterocycles. The third-order valence-electron chi connectivity index (χ3n) is 4.34. The molecule has 1 aliphatic heterocycles. The Morgan fingerprint density at radius 3 is 1.46 bits per heavy atom. The van der Waals surface area contributed by atoms with E-state index in [-0.39, 0.29) is 40.0 Å². The van der Waals surface area contributed by atoms with Gasteiger partial charge in [0, 0.05) is 44.4 Å². The van der Waals surface area contributed by atoms with Gasteiger partial charge in [0.1, 0.15) is 0 Å². The van der Waals surface area contributed by atoms with Gasteiger partial charge in [0.05, 0.1) is 16.4 Å². The van der Waals surface area contributed by atoms with Gasteiger partial charge in [-0.3, -0.25) is 0 Å². The fourth-order valence-corrected chi connectivity index (χ4v) is 3.58. The second-order valence-corrected chi connectivity index (χ2v) is 11.2. The molecule has 3 nitrogen and oxygen atoms in total. The van der Waals surface area contributed by atoms with Crippen LogP contribution < -0.4 is 17.0 Å². The van der Waals surface area contributed by atoms with Crippen LogP contribution in [0.3, 0.4) is 0 Å². The van der Waals surface area contributed by atoms with Gasteiger partial charge in [0.25, 0.3) is 0 Å². The molecule has 12 heteroatoms. The average Bonchev–Trinajstić information content (AvgIpc) is 3.40. The number of benzene rings is 3. The predicted octanol–water partition coefficient (Wildman–Crippen LogP) is 4.44. The second-order valence-electron chi connectivity index (χ2n) is 7.19. The van der Waals surface area contributed by atoms with Crippen molar-refractivity contribution in [1.82, 2.24) is 0 Å². The van der Waals surface area contributed by atoms with Gasteiger partial charge in [-0.1, -0.05) is 24.6 Å². The Kier molecular flexibility index (Phi) is 22.3. The summed E-state index contributed by atoms with van der Waals surface area (Å²) in [5, 5.41) is 0. The normalized spacial score (nSPS) is 12.6. The minimum absolute atomic E-state index is 0. The van der Waals surface area contributed by atoms with Gasteiger partial charge in [0.15, 0.2) is 0 Å². The molecule has 200 valence electrons. The zero-order chi connectivity index (χ0) is 26.3. The zero-order valence-corrected chi connectivity index (χ0v) is 26.4. The maximum absolute atomic E-state index is 12.4. The standard InChI is InChI=1S/C14H11F3OS.C7H7.C4H8O.BrH.Cl2OS.Mg/c1-10-2-6-12(7-3-10)19(18)13-8-4-11(5-9-13)14(15,16)17;1-7-5-3-2-4-6-7;1-2-4-5-3-1;;1-4(2)3;/h2-9H,1H3;3-6H,1H3;1-4H2;1H;;/q;-1;;;;+2/p-1. The molecule has 0 N–H and O–H groups in total. The Morgan fingerprint density at radius 1 is 0.784 bits per heavy atom. The van der Waals surface area contributed by atoms with Gasteiger partial charge in [0.2, 0.25) is 9.23 Å². The molecular formula is C25H26BrCl2F3MgO3S2. The molecule has 4 rings (SSSR count). The van der Waals surface area contributed by atoms with Crippen LogP contribution in [0.5, 0.6) is 0 Å². The summed E-state index contributed by atoms with van der Waals surface area (Å²) < 4.78 is 63.4. The molecule has 37 heavy (non-hydrogen) atoms. The molecule has 0 bridgehead atoms. The summed E-state index contributed by atoms with van der Waals surface area (Å²) in [7, 11) is 5.90. The topological polar surface area (TPSA) is 43.4 Å². The average molecular weight is 671 g/mol. The fourth-order valence-electron chi connectivity index (χ4n) is 2.55. The van der Waals surface area contributed by atoms with Crippen molar-refractivity contribution in [3.63, 3.8) is 0 Å². The number of ether oxygens (including phenoxy) is 1. The van der Waals surface area contributed by atoms with Crippen molar-refractivity contribution < 1.29 is 43.3 Å². The molecule has 3 aromatic carbocycles. The molecule has 0 aliphatic carbocycles. The summed E-state index contributed by atoms with van der Waals surface area (Å²) in [5.74, 6) is 0. The molecule has 1 aliphatic rings. The van der Waals surface area contributed by atoms with Gasteiger partial charge in [-0.2, -0.15) is 49.1 Å². The first-order chi connectivity index (χ1) is 16.5. The number of rotatable bonds is 2. The van der Waals surface area contributed by atoms with Crippen molar-refractivity contribution in [3.05, 3.63) is 95.6 Å². The molecule has 1 fully saturated rings. The van der Waals surface area contributed by atoms with Gasteiger partial charge in [-0.25, -0.2) is 8.42 Å². The van der Waals surface area contributed by atoms with E-state index >= 15 is 0 Å². The molecule has 0 saturated carbocycles. The van der Waals surface area contributed by atoms with Crippen molar-refractivity contribution in [2.45, 2.75) is 42.7 Å². The van der Waals surface area contributed by atoms with Crippen LogP contribution in [-0.2, 0) is 30.9 Å². The van der Waals surface area contributed by atoms with E-state index in [0.29, 0.717) is 9.79 Å². The first-order valence-corrected chi connectivity index (χ1v) is 14.4. The molecule has 3 aromatic rings. The maximum atomic E-state index is 12.4. The van der Waals surface area contributed by atoms with Crippen LogP contribution in [0.4, 0.5) is 13.2 Å². The van der Waals surface area contributed by atoms with E-state index in [2.05, 4.69) is 34.4 Å².